The number of rotatable bonds is 4. The first-order chi connectivity index (χ1) is 16.3. The van der Waals surface area contributed by atoms with E-state index in [0.717, 1.165) is 16.7 Å². The highest BCUT2D eigenvalue weighted by molar-refractivity contribution is 7.15. The summed E-state index contributed by atoms with van der Waals surface area (Å²) in [6.45, 7) is 5.95. The van der Waals surface area contributed by atoms with Crippen LogP contribution in [0.4, 0.5) is 5.13 Å². The number of carbonyl (C=O) groups excluding carboxylic acids is 1. The van der Waals surface area contributed by atoms with Gasteiger partial charge in [-0.05, 0) is 44.0 Å². The summed E-state index contributed by atoms with van der Waals surface area (Å²) in [5.41, 5.74) is 3.45. The van der Waals surface area contributed by atoms with E-state index in [4.69, 9.17) is 10.4 Å². The van der Waals surface area contributed by atoms with Gasteiger partial charge in [0, 0.05) is 6.20 Å². The van der Waals surface area contributed by atoms with E-state index < -0.39 is 5.91 Å². The van der Waals surface area contributed by atoms with Crippen LogP contribution in [0.25, 0.3) is 16.7 Å². The van der Waals surface area contributed by atoms with E-state index in [1.54, 1.807) is 23.8 Å². The largest absolute Gasteiger partial charge is 0.306 e. The van der Waals surface area contributed by atoms with E-state index in [2.05, 4.69) is 15.5 Å². The lowest BCUT2D eigenvalue weighted by molar-refractivity contribution is 0.102. The molecule has 4 heterocycles. The van der Waals surface area contributed by atoms with Crippen LogP contribution in [0.15, 0.2) is 53.5 Å². The number of hydrogen-bond donors (Lipinski definition) is 2. The lowest BCUT2D eigenvalue weighted by Gasteiger charge is -2.15. The van der Waals surface area contributed by atoms with Crippen LogP contribution in [-0.4, -0.2) is 30.1 Å². The van der Waals surface area contributed by atoms with Gasteiger partial charge in [0.15, 0.2) is 0 Å². The minimum Gasteiger partial charge on any atom is -0.306 e. The maximum atomic E-state index is 13.4. The zero-order chi connectivity index (χ0) is 24.0. The van der Waals surface area contributed by atoms with Gasteiger partial charge in [0.25, 0.3) is 11.5 Å². The molecule has 5 rings (SSSR count). The van der Waals surface area contributed by atoms with Gasteiger partial charge in [-0.15, -0.1) is 10.2 Å². The van der Waals surface area contributed by atoms with Gasteiger partial charge in [0.05, 0.1) is 17.5 Å². The Labute approximate surface area is 197 Å². The topological polar surface area (TPSA) is 118 Å². The molecule has 0 bridgehead atoms. The first-order valence-electron chi connectivity index (χ1n) is 10.6. The number of nitrogens with one attached hydrogen (secondary N) is 2. The number of carbonyl (C=O) groups is 1. The third-order valence-corrected chi connectivity index (χ3v) is 6.34. The number of nitrogens with zero attached hydrogens (tertiary/aromatic N) is 5. The SMILES string of the molecule is Cc1ccc(Cn2c(=N)c(C(=O)Nc3nnc(C)s3)cc3c(=O)n4cccc(C)c4nc32)cc1. The number of aryl methyl sites for hydroxylation is 3. The first kappa shape index (κ1) is 21.7. The molecule has 0 saturated heterocycles. The van der Waals surface area contributed by atoms with Crippen LogP contribution in [-0.2, 0) is 6.54 Å². The lowest BCUT2D eigenvalue weighted by atomic mass is 10.1. The fraction of sp³-hybridized carbons (Fsp3) is 0.167. The van der Waals surface area contributed by atoms with Gasteiger partial charge >= 0.3 is 0 Å². The molecule has 0 spiro atoms. The minimum atomic E-state index is -0.533. The average Bonchev–Trinajstić information content (AvgIpc) is 3.22. The average molecular weight is 472 g/mol. The Morgan fingerprint density at radius 1 is 1.09 bits per heavy atom. The number of hydrogen-bond acceptors (Lipinski definition) is 7. The van der Waals surface area contributed by atoms with Crippen LogP contribution in [0.5, 0.6) is 0 Å². The van der Waals surface area contributed by atoms with Crippen LogP contribution in [0, 0.1) is 26.2 Å². The fourth-order valence-corrected chi connectivity index (χ4v) is 4.40. The summed E-state index contributed by atoms with van der Waals surface area (Å²) in [6.07, 6.45) is 1.65. The molecule has 0 aliphatic rings. The molecule has 0 radical (unpaired) electrons. The molecule has 1 aromatic carbocycles. The van der Waals surface area contributed by atoms with E-state index in [1.165, 1.54) is 21.8 Å². The van der Waals surface area contributed by atoms with Gasteiger partial charge < -0.3 is 4.57 Å². The Bertz CT molecular complexity index is 1700. The smallest absolute Gasteiger partial charge is 0.267 e. The normalized spacial score (nSPS) is 11.3. The van der Waals surface area contributed by atoms with Gasteiger partial charge in [0.1, 0.15) is 21.8 Å². The predicted octanol–water partition coefficient (Wildman–Crippen LogP) is 3.21. The quantitative estimate of drug-likeness (QED) is 0.390. The van der Waals surface area contributed by atoms with Crippen molar-refractivity contribution >= 4 is 39.1 Å². The second kappa shape index (κ2) is 8.31. The Kier molecular flexibility index (Phi) is 5.29. The molecule has 2 N–H and O–H groups in total. The van der Waals surface area contributed by atoms with Crippen molar-refractivity contribution in [2.45, 2.75) is 27.3 Å². The van der Waals surface area contributed by atoms with Crippen molar-refractivity contribution in [1.29, 1.82) is 5.41 Å². The third kappa shape index (κ3) is 3.77. The molecular weight excluding hydrogens is 450 g/mol. The number of aromatic nitrogens is 5. The molecule has 34 heavy (non-hydrogen) atoms. The zero-order valence-corrected chi connectivity index (χ0v) is 19.6. The standard InChI is InChI=1S/C24H21N7O2S/c1-13-6-8-16(9-7-13)12-31-19(25)17(22(32)27-24-29-28-15(3)34-24)11-18-21(31)26-20-14(2)5-4-10-30(20)23(18)33/h4-11,25H,12H2,1-3H3,(H,27,29,32). The van der Waals surface area contributed by atoms with Gasteiger partial charge in [0.2, 0.25) is 5.13 Å². The zero-order valence-electron chi connectivity index (χ0n) is 18.8. The summed E-state index contributed by atoms with van der Waals surface area (Å²) >= 11 is 1.23. The van der Waals surface area contributed by atoms with Crippen molar-refractivity contribution in [2.75, 3.05) is 5.32 Å². The number of benzene rings is 1. The molecule has 0 fully saturated rings. The lowest BCUT2D eigenvalue weighted by Crippen LogP contribution is -2.32. The van der Waals surface area contributed by atoms with E-state index in [9.17, 15) is 9.59 Å². The number of pyridine rings is 2. The first-order valence-corrected chi connectivity index (χ1v) is 11.4. The van der Waals surface area contributed by atoms with E-state index in [-0.39, 0.29) is 28.5 Å². The van der Waals surface area contributed by atoms with Crippen LogP contribution in [0.3, 0.4) is 0 Å². The van der Waals surface area contributed by atoms with Crippen molar-refractivity contribution in [3.05, 3.63) is 91.8 Å². The highest BCUT2D eigenvalue weighted by Crippen LogP contribution is 2.17. The van der Waals surface area contributed by atoms with Crippen LogP contribution < -0.4 is 16.4 Å². The Morgan fingerprint density at radius 2 is 1.85 bits per heavy atom. The summed E-state index contributed by atoms with van der Waals surface area (Å²) in [4.78, 5) is 31.3. The van der Waals surface area contributed by atoms with Gasteiger partial charge in [-0.3, -0.25) is 24.7 Å². The molecule has 4 aromatic heterocycles. The van der Waals surface area contributed by atoms with Gasteiger partial charge in [-0.1, -0.05) is 47.2 Å². The molecule has 1 amide bonds. The summed E-state index contributed by atoms with van der Waals surface area (Å²) in [5, 5.41) is 20.7. The predicted molar refractivity (Wildman–Crippen MR) is 130 cm³/mol. The van der Waals surface area contributed by atoms with Crippen molar-refractivity contribution < 1.29 is 4.79 Å². The van der Waals surface area contributed by atoms with E-state index in [1.807, 2.05) is 44.2 Å². The van der Waals surface area contributed by atoms with Crippen molar-refractivity contribution in [3.8, 4) is 0 Å². The van der Waals surface area contributed by atoms with Crippen LogP contribution >= 0.6 is 11.3 Å². The third-order valence-electron chi connectivity index (χ3n) is 5.59. The maximum absolute atomic E-state index is 13.4. The van der Waals surface area contributed by atoms with Gasteiger partial charge in [-0.2, -0.15) is 0 Å². The summed E-state index contributed by atoms with van der Waals surface area (Å²) in [5.74, 6) is -0.533. The Hall–Kier alpha value is -4.18. The number of anilines is 1. The molecule has 0 aliphatic heterocycles. The fourth-order valence-electron chi connectivity index (χ4n) is 3.81. The molecular formula is C24H21N7O2S. The highest BCUT2D eigenvalue weighted by atomic mass is 32.1. The second-order valence-corrected chi connectivity index (χ2v) is 9.28. The molecule has 5 aromatic rings. The summed E-state index contributed by atoms with van der Waals surface area (Å²) in [6, 6.07) is 13.0. The molecule has 0 atom stereocenters. The Balaban J connectivity index is 1.76. The molecule has 9 nitrogen and oxygen atoms in total. The second-order valence-electron chi connectivity index (χ2n) is 8.10. The van der Waals surface area contributed by atoms with Crippen molar-refractivity contribution in [2.24, 2.45) is 0 Å². The Morgan fingerprint density at radius 3 is 2.56 bits per heavy atom. The molecule has 0 aliphatic carbocycles. The molecule has 0 unspecified atom stereocenters. The summed E-state index contributed by atoms with van der Waals surface area (Å²) < 4.78 is 3.07. The van der Waals surface area contributed by atoms with Crippen LogP contribution in [0.2, 0.25) is 0 Å². The highest BCUT2D eigenvalue weighted by Gasteiger charge is 2.19. The van der Waals surface area contributed by atoms with Crippen molar-refractivity contribution in [1.82, 2.24) is 24.1 Å². The molecule has 10 heteroatoms. The van der Waals surface area contributed by atoms with E-state index >= 15 is 0 Å². The summed E-state index contributed by atoms with van der Waals surface area (Å²) in [7, 11) is 0. The maximum Gasteiger partial charge on any atom is 0.267 e. The number of amides is 1. The molecule has 0 saturated carbocycles. The van der Waals surface area contributed by atoms with Gasteiger partial charge in [-0.25, -0.2) is 4.98 Å². The molecule has 170 valence electrons. The minimum absolute atomic E-state index is 0.0448. The number of fused-ring (bicyclic) bond motifs is 2. The van der Waals surface area contributed by atoms with Crippen LogP contribution in [0.1, 0.15) is 32.1 Å². The van der Waals surface area contributed by atoms with E-state index in [0.29, 0.717) is 21.4 Å². The monoisotopic (exact) mass is 471 g/mol. The van der Waals surface area contributed by atoms with Crippen molar-refractivity contribution in [3.63, 3.8) is 0 Å².